The molecule has 0 saturated carbocycles. The van der Waals surface area contributed by atoms with E-state index >= 15 is 0 Å². The zero-order valence-corrected chi connectivity index (χ0v) is 15.1. The molecule has 2 amide bonds. The standard InChI is InChI=1S/C17H16Cl2N2O4/c1-10(22)20-11-3-6-16(24-2)15(7-11)21-17(23)9-25-12-4-5-13(18)14(19)8-12/h3-8H,9H2,1-2H3,(H,20,22)(H,21,23). The Bertz CT molecular complexity index is 796. The third-order valence-electron chi connectivity index (χ3n) is 3.05. The van der Waals surface area contributed by atoms with Gasteiger partial charge in [0.15, 0.2) is 6.61 Å². The van der Waals surface area contributed by atoms with E-state index in [1.54, 1.807) is 30.3 Å². The van der Waals surface area contributed by atoms with Gasteiger partial charge in [0.2, 0.25) is 5.91 Å². The van der Waals surface area contributed by atoms with Gasteiger partial charge in [0.1, 0.15) is 11.5 Å². The van der Waals surface area contributed by atoms with Crippen LogP contribution in [0, 0.1) is 0 Å². The molecule has 0 aliphatic heterocycles. The number of nitrogens with one attached hydrogen (secondary N) is 2. The molecule has 0 radical (unpaired) electrons. The second kappa shape index (κ2) is 8.60. The number of methoxy groups -OCH3 is 1. The molecule has 0 aliphatic rings. The molecule has 0 aromatic heterocycles. The highest BCUT2D eigenvalue weighted by Crippen LogP contribution is 2.28. The lowest BCUT2D eigenvalue weighted by Gasteiger charge is -2.13. The molecule has 0 heterocycles. The van der Waals surface area contributed by atoms with Gasteiger partial charge in [-0.1, -0.05) is 23.2 Å². The predicted octanol–water partition coefficient (Wildman–Crippen LogP) is 3.98. The summed E-state index contributed by atoms with van der Waals surface area (Å²) in [5.41, 5.74) is 0.950. The van der Waals surface area contributed by atoms with Gasteiger partial charge < -0.3 is 20.1 Å². The maximum atomic E-state index is 12.1. The minimum atomic E-state index is -0.399. The average molecular weight is 383 g/mol. The fraction of sp³-hybridized carbons (Fsp3) is 0.176. The van der Waals surface area contributed by atoms with Crippen molar-refractivity contribution in [3.63, 3.8) is 0 Å². The molecule has 2 rings (SSSR count). The van der Waals surface area contributed by atoms with Crippen molar-refractivity contribution in [1.82, 2.24) is 0 Å². The van der Waals surface area contributed by atoms with Gasteiger partial charge >= 0.3 is 0 Å². The summed E-state index contributed by atoms with van der Waals surface area (Å²) >= 11 is 11.7. The molecule has 0 atom stereocenters. The Hall–Kier alpha value is -2.44. The van der Waals surface area contributed by atoms with Crippen LogP contribution in [0.3, 0.4) is 0 Å². The molecule has 6 nitrogen and oxygen atoms in total. The molecule has 25 heavy (non-hydrogen) atoms. The van der Waals surface area contributed by atoms with Crippen LogP contribution in [-0.2, 0) is 9.59 Å². The maximum absolute atomic E-state index is 12.1. The van der Waals surface area contributed by atoms with Gasteiger partial charge in [0.05, 0.1) is 22.8 Å². The van der Waals surface area contributed by atoms with Crippen molar-refractivity contribution in [2.45, 2.75) is 6.92 Å². The number of benzene rings is 2. The average Bonchev–Trinajstić information content (AvgIpc) is 2.56. The van der Waals surface area contributed by atoms with Gasteiger partial charge in [-0.2, -0.15) is 0 Å². The van der Waals surface area contributed by atoms with Gasteiger partial charge in [-0.05, 0) is 30.3 Å². The van der Waals surface area contributed by atoms with Crippen LogP contribution >= 0.6 is 23.2 Å². The molecule has 2 aromatic carbocycles. The van der Waals surface area contributed by atoms with Crippen molar-refractivity contribution in [3.05, 3.63) is 46.4 Å². The summed E-state index contributed by atoms with van der Waals surface area (Å²) in [5, 5.41) is 6.05. The first-order chi connectivity index (χ1) is 11.9. The molecule has 0 unspecified atom stereocenters. The first-order valence-electron chi connectivity index (χ1n) is 7.22. The van der Waals surface area contributed by atoms with E-state index < -0.39 is 5.91 Å². The lowest BCUT2D eigenvalue weighted by molar-refractivity contribution is -0.118. The minimum absolute atomic E-state index is 0.217. The molecule has 132 valence electrons. The summed E-state index contributed by atoms with van der Waals surface area (Å²) in [6, 6.07) is 9.62. The van der Waals surface area contributed by atoms with Crippen LogP contribution in [0.5, 0.6) is 11.5 Å². The largest absolute Gasteiger partial charge is 0.495 e. The Morgan fingerprint density at radius 1 is 1.04 bits per heavy atom. The van der Waals surface area contributed by atoms with Crippen LogP contribution in [0.2, 0.25) is 10.0 Å². The Morgan fingerprint density at radius 3 is 2.44 bits per heavy atom. The van der Waals surface area contributed by atoms with E-state index in [1.807, 2.05) is 0 Å². The van der Waals surface area contributed by atoms with E-state index in [0.29, 0.717) is 32.9 Å². The van der Waals surface area contributed by atoms with Crippen molar-refractivity contribution in [1.29, 1.82) is 0 Å². The number of carbonyl (C=O) groups excluding carboxylic acids is 2. The molecular formula is C17H16Cl2N2O4. The van der Waals surface area contributed by atoms with Crippen LogP contribution in [0.1, 0.15) is 6.92 Å². The summed E-state index contributed by atoms with van der Waals surface area (Å²) in [7, 11) is 1.48. The lowest BCUT2D eigenvalue weighted by Crippen LogP contribution is -2.20. The van der Waals surface area contributed by atoms with Crippen LogP contribution in [-0.4, -0.2) is 25.5 Å². The quantitative estimate of drug-likeness (QED) is 0.791. The number of hydrogen-bond donors (Lipinski definition) is 2. The van der Waals surface area contributed by atoms with Crippen molar-refractivity contribution >= 4 is 46.4 Å². The normalized spacial score (nSPS) is 10.1. The van der Waals surface area contributed by atoms with Crippen LogP contribution in [0.4, 0.5) is 11.4 Å². The zero-order valence-electron chi connectivity index (χ0n) is 13.6. The second-order valence-corrected chi connectivity index (χ2v) is 5.82. The van der Waals surface area contributed by atoms with Crippen molar-refractivity contribution in [2.24, 2.45) is 0 Å². The minimum Gasteiger partial charge on any atom is -0.495 e. The van der Waals surface area contributed by atoms with E-state index in [-0.39, 0.29) is 12.5 Å². The zero-order chi connectivity index (χ0) is 18.4. The Balaban J connectivity index is 2.03. The Morgan fingerprint density at radius 2 is 1.80 bits per heavy atom. The highest BCUT2D eigenvalue weighted by Gasteiger charge is 2.10. The molecule has 0 bridgehead atoms. The Labute approximate surface area is 155 Å². The van der Waals surface area contributed by atoms with Gasteiger partial charge in [-0.15, -0.1) is 0 Å². The molecular weight excluding hydrogens is 367 g/mol. The summed E-state index contributed by atoms with van der Waals surface area (Å²) in [4.78, 5) is 23.2. The van der Waals surface area contributed by atoms with Gasteiger partial charge in [-0.25, -0.2) is 0 Å². The van der Waals surface area contributed by atoms with Gasteiger partial charge in [-0.3, -0.25) is 9.59 Å². The van der Waals surface area contributed by atoms with Crippen LogP contribution in [0.15, 0.2) is 36.4 Å². The number of carbonyl (C=O) groups is 2. The topological polar surface area (TPSA) is 76.7 Å². The molecule has 8 heteroatoms. The van der Waals surface area contributed by atoms with Crippen LogP contribution < -0.4 is 20.1 Å². The summed E-state index contributed by atoms with van der Waals surface area (Å²) < 4.78 is 10.6. The fourth-order valence-corrected chi connectivity index (χ4v) is 2.28. The van der Waals surface area contributed by atoms with E-state index in [2.05, 4.69) is 10.6 Å². The highest BCUT2D eigenvalue weighted by atomic mass is 35.5. The molecule has 2 aromatic rings. The van der Waals surface area contributed by atoms with Gasteiger partial charge in [0.25, 0.3) is 5.91 Å². The smallest absolute Gasteiger partial charge is 0.262 e. The molecule has 2 N–H and O–H groups in total. The van der Waals surface area contributed by atoms with Crippen molar-refractivity contribution in [2.75, 3.05) is 24.4 Å². The first kappa shape index (κ1) is 18.9. The molecule has 0 aliphatic carbocycles. The molecule has 0 saturated heterocycles. The number of ether oxygens (including phenoxy) is 2. The third-order valence-corrected chi connectivity index (χ3v) is 3.79. The van der Waals surface area contributed by atoms with E-state index in [1.165, 1.54) is 20.1 Å². The SMILES string of the molecule is COc1ccc(NC(C)=O)cc1NC(=O)COc1ccc(Cl)c(Cl)c1. The number of halogens is 2. The number of hydrogen-bond acceptors (Lipinski definition) is 4. The summed E-state index contributed by atoms with van der Waals surface area (Å²) in [5.74, 6) is 0.259. The Kier molecular flexibility index (Phi) is 6.50. The van der Waals surface area contributed by atoms with E-state index in [4.69, 9.17) is 32.7 Å². The van der Waals surface area contributed by atoms with E-state index in [9.17, 15) is 9.59 Å². The number of amides is 2. The highest BCUT2D eigenvalue weighted by molar-refractivity contribution is 6.42. The number of anilines is 2. The van der Waals surface area contributed by atoms with Gasteiger partial charge in [0, 0.05) is 18.7 Å². The first-order valence-corrected chi connectivity index (χ1v) is 7.98. The third kappa shape index (κ3) is 5.55. The molecule has 0 fully saturated rings. The van der Waals surface area contributed by atoms with E-state index in [0.717, 1.165) is 0 Å². The molecule has 0 spiro atoms. The second-order valence-electron chi connectivity index (χ2n) is 5.01. The van der Waals surface area contributed by atoms with Crippen molar-refractivity contribution in [3.8, 4) is 11.5 Å². The summed E-state index contributed by atoms with van der Waals surface area (Å²) in [6.07, 6.45) is 0. The maximum Gasteiger partial charge on any atom is 0.262 e. The van der Waals surface area contributed by atoms with Crippen LogP contribution in [0.25, 0.3) is 0 Å². The fourth-order valence-electron chi connectivity index (χ4n) is 1.99. The predicted molar refractivity (Wildman–Crippen MR) is 97.9 cm³/mol. The lowest BCUT2D eigenvalue weighted by atomic mass is 10.2. The monoisotopic (exact) mass is 382 g/mol. The number of rotatable bonds is 6. The van der Waals surface area contributed by atoms with Crippen molar-refractivity contribution < 1.29 is 19.1 Å². The summed E-state index contributed by atoms with van der Waals surface area (Å²) in [6.45, 7) is 1.17.